The van der Waals surface area contributed by atoms with E-state index in [2.05, 4.69) is 21.2 Å². The number of fused-ring (bicyclic) bond motifs is 1. The van der Waals surface area contributed by atoms with Crippen molar-refractivity contribution in [2.24, 2.45) is 0 Å². The molecule has 1 aromatic rings. The second-order valence-electron chi connectivity index (χ2n) is 4.19. The first-order chi connectivity index (χ1) is 8.31. The maximum atomic E-state index is 11.0. The van der Waals surface area contributed by atoms with E-state index in [4.69, 9.17) is 9.47 Å². The van der Waals surface area contributed by atoms with Gasteiger partial charge >= 0.3 is 0 Å². The topological polar surface area (TPSA) is 47.6 Å². The maximum Gasteiger partial charge on any atom is 0.231 e. The third-order valence-corrected chi connectivity index (χ3v) is 3.85. The lowest BCUT2D eigenvalue weighted by Gasteiger charge is -2.16. The van der Waals surface area contributed by atoms with Crippen LogP contribution in [-0.4, -0.2) is 19.6 Å². The Kier molecular flexibility index (Phi) is 2.80. The van der Waals surface area contributed by atoms with Crippen molar-refractivity contribution in [2.45, 2.75) is 18.9 Å². The van der Waals surface area contributed by atoms with Crippen LogP contribution in [0.15, 0.2) is 10.5 Å². The van der Waals surface area contributed by atoms with Gasteiger partial charge in [-0.2, -0.15) is 0 Å². The molecule has 0 bridgehead atoms. The molecule has 4 nitrogen and oxygen atoms in total. The van der Waals surface area contributed by atoms with E-state index in [-0.39, 0.29) is 12.8 Å². The Balaban J connectivity index is 2.14. The second-order valence-corrected chi connectivity index (χ2v) is 5.05. The molecule has 0 saturated carbocycles. The molecule has 1 atom stereocenters. The largest absolute Gasteiger partial charge is 0.453 e. The van der Waals surface area contributed by atoms with Crippen molar-refractivity contribution in [3.63, 3.8) is 0 Å². The van der Waals surface area contributed by atoms with Crippen LogP contribution < -0.4 is 14.8 Å². The number of benzene rings is 1. The second kappa shape index (κ2) is 4.31. The minimum absolute atomic E-state index is 0.187. The van der Waals surface area contributed by atoms with Crippen molar-refractivity contribution >= 4 is 22.2 Å². The molecule has 1 fully saturated rings. The minimum atomic E-state index is 0.187. The number of hydrogen-bond donors (Lipinski definition) is 1. The van der Waals surface area contributed by atoms with Gasteiger partial charge in [-0.1, -0.05) is 15.9 Å². The molecule has 0 radical (unpaired) electrons. The molecule has 2 aliphatic rings. The lowest BCUT2D eigenvalue weighted by molar-refractivity contribution is 0.111. The maximum absolute atomic E-state index is 11.0. The zero-order chi connectivity index (χ0) is 11.8. The van der Waals surface area contributed by atoms with Crippen LogP contribution in [0, 0.1) is 0 Å². The first kappa shape index (κ1) is 11.0. The average Bonchev–Trinajstić information content (AvgIpc) is 2.97. The minimum Gasteiger partial charge on any atom is -0.453 e. The predicted molar refractivity (Wildman–Crippen MR) is 65.6 cm³/mol. The summed E-state index contributed by atoms with van der Waals surface area (Å²) in [6.07, 6.45) is 3.03. The van der Waals surface area contributed by atoms with E-state index in [1.807, 2.05) is 0 Å². The van der Waals surface area contributed by atoms with Crippen molar-refractivity contribution in [2.75, 3.05) is 13.3 Å². The molecule has 5 heteroatoms. The van der Waals surface area contributed by atoms with Crippen molar-refractivity contribution < 1.29 is 14.3 Å². The fourth-order valence-electron chi connectivity index (χ4n) is 2.42. The highest BCUT2D eigenvalue weighted by atomic mass is 79.9. The van der Waals surface area contributed by atoms with Gasteiger partial charge in [0.05, 0.1) is 5.56 Å². The summed E-state index contributed by atoms with van der Waals surface area (Å²) in [4.78, 5) is 11.0. The Morgan fingerprint density at radius 3 is 2.94 bits per heavy atom. The molecule has 0 spiro atoms. The number of ether oxygens (including phenoxy) is 2. The van der Waals surface area contributed by atoms with E-state index in [0.717, 1.165) is 35.7 Å². The first-order valence-electron chi connectivity index (χ1n) is 5.62. The smallest absolute Gasteiger partial charge is 0.231 e. The number of rotatable bonds is 2. The molecular formula is C12H12BrNO3. The SMILES string of the molecule is O=Cc1cc(Br)c(C2CCCN2)c2c1OCO2. The first-order valence-corrected chi connectivity index (χ1v) is 6.41. The lowest BCUT2D eigenvalue weighted by atomic mass is 10.0. The van der Waals surface area contributed by atoms with Crippen LogP contribution in [0.5, 0.6) is 11.5 Å². The molecular weight excluding hydrogens is 286 g/mol. The summed E-state index contributed by atoms with van der Waals surface area (Å²) in [5.74, 6) is 1.28. The molecule has 1 N–H and O–H groups in total. The third kappa shape index (κ3) is 1.73. The third-order valence-electron chi connectivity index (χ3n) is 3.19. The molecule has 17 heavy (non-hydrogen) atoms. The molecule has 1 saturated heterocycles. The quantitative estimate of drug-likeness (QED) is 0.852. The average molecular weight is 298 g/mol. The molecule has 1 aromatic carbocycles. The summed E-state index contributed by atoms with van der Waals surface area (Å²) in [5, 5.41) is 3.43. The van der Waals surface area contributed by atoms with Gasteiger partial charge in [0.25, 0.3) is 0 Å². The number of carbonyl (C=O) groups excluding carboxylic acids is 1. The van der Waals surface area contributed by atoms with Crippen molar-refractivity contribution in [1.29, 1.82) is 0 Å². The van der Waals surface area contributed by atoms with Gasteiger partial charge in [0.15, 0.2) is 17.8 Å². The highest BCUT2D eigenvalue weighted by Crippen LogP contribution is 2.46. The van der Waals surface area contributed by atoms with Crippen LogP contribution in [0.1, 0.15) is 34.8 Å². The Bertz CT molecular complexity index is 469. The number of nitrogens with one attached hydrogen (secondary N) is 1. The van der Waals surface area contributed by atoms with Crippen molar-refractivity contribution in [1.82, 2.24) is 5.32 Å². The van der Waals surface area contributed by atoms with Gasteiger partial charge in [0, 0.05) is 16.1 Å². The van der Waals surface area contributed by atoms with E-state index < -0.39 is 0 Å². The summed E-state index contributed by atoms with van der Waals surface area (Å²) < 4.78 is 11.8. The molecule has 2 heterocycles. The van der Waals surface area contributed by atoms with Crippen LogP contribution in [0.2, 0.25) is 0 Å². The monoisotopic (exact) mass is 297 g/mol. The Morgan fingerprint density at radius 2 is 2.24 bits per heavy atom. The van der Waals surface area contributed by atoms with Gasteiger partial charge in [0.2, 0.25) is 6.79 Å². The van der Waals surface area contributed by atoms with Crippen molar-refractivity contribution in [3.8, 4) is 11.5 Å². The van der Waals surface area contributed by atoms with Crippen LogP contribution in [0.4, 0.5) is 0 Å². The van der Waals surface area contributed by atoms with Crippen LogP contribution >= 0.6 is 15.9 Å². The van der Waals surface area contributed by atoms with E-state index in [1.165, 1.54) is 0 Å². The number of aldehydes is 1. The molecule has 0 amide bonds. The molecule has 0 aromatic heterocycles. The van der Waals surface area contributed by atoms with Gasteiger partial charge in [-0.25, -0.2) is 0 Å². The molecule has 1 unspecified atom stereocenters. The molecule has 0 aliphatic carbocycles. The fraction of sp³-hybridized carbons (Fsp3) is 0.417. The zero-order valence-electron chi connectivity index (χ0n) is 9.16. The van der Waals surface area contributed by atoms with Gasteiger partial charge in [-0.3, -0.25) is 4.79 Å². The number of halogens is 1. The van der Waals surface area contributed by atoms with E-state index in [1.54, 1.807) is 6.07 Å². The molecule has 90 valence electrons. The highest BCUT2D eigenvalue weighted by molar-refractivity contribution is 9.10. The van der Waals surface area contributed by atoms with E-state index in [0.29, 0.717) is 17.1 Å². The highest BCUT2D eigenvalue weighted by Gasteiger charge is 2.30. The van der Waals surface area contributed by atoms with Gasteiger partial charge in [0.1, 0.15) is 0 Å². The Hall–Kier alpha value is -1.07. The van der Waals surface area contributed by atoms with Crippen LogP contribution in [0.3, 0.4) is 0 Å². The molecule has 2 aliphatic heterocycles. The van der Waals surface area contributed by atoms with E-state index in [9.17, 15) is 4.79 Å². The summed E-state index contributed by atoms with van der Waals surface area (Å²) in [6, 6.07) is 2.08. The summed E-state index contributed by atoms with van der Waals surface area (Å²) in [6.45, 7) is 1.20. The summed E-state index contributed by atoms with van der Waals surface area (Å²) >= 11 is 3.52. The number of carbonyl (C=O) groups is 1. The lowest BCUT2D eigenvalue weighted by Crippen LogP contribution is -2.14. The van der Waals surface area contributed by atoms with Crippen LogP contribution in [-0.2, 0) is 0 Å². The normalized spacial score (nSPS) is 21.8. The summed E-state index contributed by atoms with van der Waals surface area (Å²) in [5.41, 5.74) is 1.60. The van der Waals surface area contributed by atoms with Gasteiger partial charge in [-0.15, -0.1) is 0 Å². The Morgan fingerprint density at radius 1 is 1.41 bits per heavy atom. The van der Waals surface area contributed by atoms with Gasteiger partial charge in [-0.05, 0) is 25.5 Å². The zero-order valence-corrected chi connectivity index (χ0v) is 10.7. The fourth-order valence-corrected chi connectivity index (χ4v) is 3.13. The number of hydrogen-bond acceptors (Lipinski definition) is 4. The standard InChI is InChI=1S/C12H12BrNO3/c13-8-4-7(5-15)11-12(17-6-16-11)10(8)9-2-1-3-14-9/h4-5,9,14H,1-3,6H2. The predicted octanol–water partition coefficient (Wildman–Crippen LogP) is 2.41. The van der Waals surface area contributed by atoms with E-state index >= 15 is 0 Å². The Labute approximate surface area is 107 Å². The van der Waals surface area contributed by atoms with Crippen LogP contribution in [0.25, 0.3) is 0 Å². The summed E-state index contributed by atoms with van der Waals surface area (Å²) in [7, 11) is 0. The van der Waals surface area contributed by atoms with Crippen molar-refractivity contribution in [3.05, 3.63) is 21.7 Å². The van der Waals surface area contributed by atoms with Gasteiger partial charge < -0.3 is 14.8 Å². The molecule has 3 rings (SSSR count).